The summed E-state index contributed by atoms with van der Waals surface area (Å²) in [5, 5.41) is 12.6. The molecule has 0 saturated carbocycles. The number of alkyl halides is 3. The Morgan fingerprint density at radius 3 is 2.50 bits per heavy atom. The standard InChI is InChI=1S/C23H19F5N2O4/c1-30-18(13-9-14(23(26,27)28)11-15(24)10-13)12-16(20(31)22(30)33)21(32)29-7-4-8-34-19-6-3-2-5-17(19)25/h2-3,5-6,9-12,31H,4,7-8H2,1H3,(H,29,32). The van der Waals surface area contributed by atoms with Crippen molar-refractivity contribution in [3.8, 4) is 22.8 Å². The Morgan fingerprint density at radius 2 is 1.82 bits per heavy atom. The molecule has 0 atom stereocenters. The zero-order valence-electron chi connectivity index (χ0n) is 17.7. The number of rotatable bonds is 7. The molecule has 0 aliphatic heterocycles. The quantitative estimate of drug-likeness (QED) is 0.390. The molecule has 1 heterocycles. The summed E-state index contributed by atoms with van der Waals surface area (Å²) < 4.78 is 72.7. The molecule has 0 saturated heterocycles. The summed E-state index contributed by atoms with van der Waals surface area (Å²) in [7, 11) is 1.16. The zero-order valence-corrected chi connectivity index (χ0v) is 17.7. The number of aromatic nitrogens is 1. The summed E-state index contributed by atoms with van der Waals surface area (Å²) in [5.41, 5.74) is -3.33. The minimum atomic E-state index is -4.84. The molecular weight excluding hydrogens is 463 g/mol. The number of hydrogen-bond donors (Lipinski definition) is 2. The average Bonchev–Trinajstić information content (AvgIpc) is 2.77. The Hall–Kier alpha value is -3.89. The molecule has 0 unspecified atom stereocenters. The van der Waals surface area contributed by atoms with Gasteiger partial charge in [0.25, 0.3) is 11.5 Å². The van der Waals surface area contributed by atoms with E-state index in [9.17, 15) is 36.6 Å². The summed E-state index contributed by atoms with van der Waals surface area (Å²) in [5.74, 6) is -3.49. The maximum Gasteiger partial charge on any atom is 0.416 e. The molecule has 0 aliphatic rings. The van der Waals surface area contributed by atoms with E-state index in [1.54, 1.807) is 6.07 Å². The van der Waals surface area contributed by atoms with Gasteiger partial charge in [-0.25, -0.2) is 8.78 Å². The molecule has 0 radical (unpaired) electrons. The number of ether oxygens (including phenoxy) is 1. The van der Waals surface area contributed by atoms with Crippen molar-refractivity contribution in [1.82, 2.24) is 9.88 Å². The van der Waals surface area contributed by atoms with Crippen LogP contribution in [-0.2, 0) is 13.2 Å². The highest BCUT2D eigenvalue weighted by molar-refractivity contribution is 5.97. The molecule has 0 spiro atoms. The normalized spacial score (nSPS) is 11.4. The number of halogens is 5. The van der Waals surface area contributed by atoms with E-state index in [4.69, 9.17) is 4.74 Å². The number of pyridine rings is 1. The van der Waals surface area contributed by atoms with E-state index in [0.29, 0.717) is 12.1 Å². The summed E-state index contributed by atoms with van der Waals surface area (Å²) in [6.45, 7) is 0.0773. The van der Waals surface area contributed by atoms with Gasteiger partial charge in [0.05, 0.1) is 23.4 Å². The van der Waals surface area contributed by atoms with Gasteiger partial charge < -0.3 is 19.7 Å². The van der Waals surface area contributed by atoms with E-state index in [1.165, 1.54) is 18.2 Å². The molecule has 6 nitrogen and oxygen atoms in total. The third-order valence-electron chi connectivity index (χ3n) is 4.87. The second kappa shape index (κ2) is 9.94. The molecule has 3 rings (SSSR count). The van der Waals surface area contributed by atoms with Crippen molar-refractivity contribution in [2.75, 3.05) is 13.2 Å². The first-order chi connectivity index (χ1) is 16.0. The molecule has 0 fully saturated rings. The van der Waals surface area contributed by atoms with Gasteiger partial charge in [0, 0.05) is 19.2 Å². The van der Waals surface area contributed by atoms with Crippen molar-refractivity contribution in [3.05, 3.63) is 81.6 Å². The van der Waals surface area contributed by atoms with Crippen molar-refractivity contribution in [2.45, 2.75) is 12.6 Å². The van der Waals surface area contributed by atoms with E-state index < -0.39 is 46.2 Å². The van der Waals surface area contributed by atoms with Crippen molar-refractivity contribution >= 4 is 5.91 Å². The smallest absolute Gasteiger partial charge is 0.416 e. The number of nitrogens with zero attached hydrogens (tertiary/aromatic N) is 1. The first-order valence-electron chi connectivity index (χ1n) is 9.95. The molecule has 0 aliphatic carbocycles. The molecule has 11 heteroatoms. The van der Waals surface area contributed by atoms with Crippen LogP contribution < -0.4 is 15.6 Å². The van der Waals surface area contributed by atoms with Crippen LogP contribution in [0.2, 0.25) is 0 Å². The van der Waals surface area contributed by atoms with Gasteiger partial charge in [-0.3, -0.25) is 9.59 Å². The first-order valence-corrected chi connectivity index (χ1v) is 9.95. The van der Waals surface area contributed by atoms with Crippen molar-refractivity contribution in [2.24, 2.45) is 7.05 Å². The minimum Gasteiger partial charge on any atom is -0.502 e. The molecule has 180 valence electrons. The number of carbonyl (C=O) groups is 1. The van der Waals surface area contributed by atoms with Gasteiger partial charge in [-0.05, 0) is 42.8 Å². The van der Waals surface area contributed by atoms with Gasteiger partial charge in [0.1, 0.15) is 5.82 Å². The van der Waals surface area contributed by atoms with Crippen molar-refractivity contribution < 1.29 is 36.6 Å². The second-order valence-corrected chi connectivity index (χ2v) is 7.27. The third kappa shape index (κ3) is 5.53. The van der Waals surface area contributed by atoms with Crippen LogP contribution in [0.4, 0.5) is 22.0 Å². The van der Waals surface area contributed by atoms with Gasteiger partial charge >= 0.3 is 6.18 Å². The van der Waals surface area contributed by atoms with Crippen LogP contribution in [0.3, 0.4) is 0 Å². The Labute approximate surface area is 190 Å². The molecule has 2 N–H and O–H groups in total. The highest BCUT2D eigenvalue weighted by atomic mass is 19.4. The van der Waals surface area contributed by atoms with Crippen LogP contribution >= 0.6 is 0 Å². The lowest BCUT2D eigenvalue weighted by atomic mass is 10.0. The number of aromatic hydroxyl groups is 1. The fraction of sp³-hybridized carbons (Fsp3) is 0.217. The number of amides is 1. The van der Waals surface area contributed by atoms with Gasteiger partial charge in [-0.2, -0.15) is 13.2 Å². The Morgan fingerprint density at radius 1 is 1.12 bits per heavy atom. The van der Waals surface area contributed by atoms with Gasteiger partial charge in [0.2, 0.25) is 0 Å². The fourth-order valence-corrected chi connectivity index (χ4v) is 3.15. The summed E-state index contributed by atoms with van der Waals surface area (Å²) >= 11 is 0. The molecule has 1 aromatic heterocycles. The minimum absolute atomic E-state index is 0.0233. The molecular formula is C23H19F5N2O4. The van der Waals surface area contributed by atoms with Crippen molar-refractivity contribution in [1.29, 1.82) is 0 Å². The first kappa shape index (κ1) is 24.7. The SMILES string of the molecule is Cn1c(-c2cc(F)cc(C(F)(F)F)c2)cc(C(=O)NCCCOc2ccccc2F)c(O)c1=O. The Balaban J connectivity index is 1.78. The lowest BCUT2D eigenvalue weighted by Crippen LogP contribution is -2.29. The van der Waals surface area contributed by atoms with Crippen molar-refractivity contribution in [3.63, 3.8) is 0 Å². The summed E-state index contributed by atoms with van der Waals surface area (Å²) in [6.07, 6.45) is -4.59. The number of para-hydroxylation sites is 1. The third-order valence-corrected chi connectivity index (χ3v) is 4.87. The van der Waals surface area contributed by atoms with Crippen LogP contribution in [0, 0.1) is 11.6 Å². The van der Waals surface area contributed by atoms with Crippen LogP contribution in [0.15, 0.2) is 53.3 Å². The number of benzene rings is 2. The van der Waals surface area contributed by atoms with Crippen LogP contribution in [0.5, 0.6) is 11.5 Å². The van der Waals surface area contributed by atoms with E-state index in [0.717, 1.165) is 23.7 Å². The van der Waals surface area contributed by atoms with Gasteiger partial charge in [-0.15, -0.1) is 0 Å². The average molecular weight is 482 g/mol. The summed E-state index contributed by atoms with van der Waals surface area (Å²) in [6, 6.07) is 8.47. The maximum atomic E-state index is 13.8. The lowest BCUT2D eigenvalue weighted by Gasteiger charge is -2.15. The summed E-state index contributed by atoms with van der Waals surface area (Å²) in [4.78, 5) is 24.9. The van der Waals surface area contributed by atoms with Crippen LogP contribution in [0.1, 0.15) is 22.3 Å². The molecule has 34 heavy (non-hydrogen) atoms. The highest BCUT2D eigenvalue weighted by Crippen LogP contribution is 2.33. The van der Waals surface area contributed by atoms with E-state index in [2.05, 4.69) is 5.32 Å². The van der Waals surface area contributed by atoms with Gasteiger partial charge in [-0.1, -0.05) is 12.1 Å². The van der Waals surface area contributed by atoms with Crippen LogP contribution in [-0.4, -0.2) is 28.7 Å². The van der Waals surface area contributed by atoms with E-state index in [-0.39, 0.29) is 36.6 Å². The molecule has 0 bridgehead atoms. The molecule has 1 amide bonds. The lowest BCUT2D eigenvalue weighted by molar-refractivity contribution is -0.137. The fourth-order valence-electron chi connectivity index (χ4n) is 3.15. The maximum absolute atomic E-state index is 13.8. The van der Waals surface area contributed by atoms with E-state index in [1.807, 2.05) is 0 Å². The predicted octanol–water partition coefficient (Wildman–Crippen LogP) is 4.25. The zero-order chi connectivity index (χ0) is 25.0. The van der Waals surface area contributed by atoms with Crippen LogP contribution in [0.25, 0.3) is 11.3 Å². The second-order valence-electron chi connectivity index (χ2n) is 7.27. The monoisotopic (exact) mass is 482 g/mol. The molecule has 3 aromatic rings. The Kier molecular flexibility index (Phi) is 7.23. The number of carbonyl (C=O) groups excluding carboxylic acids is 1. The predicted molar refractivity (Wildman–Crippen MR) is 113 cm³/mol. The highest BCUT2D eigenvalue weighted by Gasteiger charge is 2.32. The number of nitrogens with one attached hydrogen (secondary N) is 1. The largest absolute Gasteiger partial charge is 0.502 e. The Bertz CT molecular complexity index is 1270. The van der Waals surface area contributed by atoms with Gasteiger partial charge in [0.15, 0.2) is 17.3 Å². The van der Waals surface area contributed by atoms with E-state index >= 15 is 0 Å². The topological polar surface area (TPSA) is 80.6 Å². The number of hydrogen-bond acceptors (Lipinski definition) is 4. The molecule has 2 aromatic carbocycles.